The van der Waals surface area contributed by atoms with Gasteiger partial charge in [-0.2, -0.15) is 0 Å². The fourth-order valence-electron chi connectivity index (χ4n) is 1.40. The van der Waals surface area contributed by atoms with Crippen LogP contribution >= 0.6 is 0 Å². The van der Waals surface area contributed by atoms with E-state index < -0.39 is 10.0 Å². The predicted octanol–water partition coefficient (Wildman–Crippen LogP) is 1.01. The molecule has 0 fully saturated rings. The van der Waals surface area contributed by atoms with Crippen molar-refractivity contribution in [2.75, 3.05) is 31.8 Å². The summed E-state index contributed by atoms with van der Waals surface area (Å²) in [5, 5.41) is 3.15. The first-order valence-corrected chi connectivity index (χ1v) is 7.32. The first kappa shape index (κ1) is 15.7. The van der Waals surface area contributed by atoms with Gasteiger partial charge in [0.1, 0.15) is 4.90 Å². The largest absolute Gasteiger partial charge is 0.398 e. The minimum atomic E-state index is -3.52. The van der Waals surface area contributed by atoms with E-state index in [1.165, 1.54) is 13.1 Å². The van der Waals surface area contributed by atoms with E-state index >= 15 is 0 Å². The number of methoxy groups -OCH3 is 1. The quantitative estimate of drug-likeness (QED) is 0.679. The summed E-state index contributed by atoms with van der Waals surface area (Å²) in [5.74, 6) is 0. The first-order chi connectivity index (χ1) is 8.72. The van der Waals surface area contributed by atoms with Crippen molar-refractivity contribution >= 4 is 21.4 Å². The number of ether oxygens (including phenoxy) is 1. The Hall–Kier alpha value is -1.31. The molecule has 4 N–H and O–H groups in total. The Morgan fingerprint density at radius 1 is 1.37 bits per heavy atom. The van der Waals surface area contributed by atoms with Crippen LogP contribution in [0.25, 0.3) is 0 Å². The number of sulfonamides is 1. The number of benzene rings is 1. The highest BCUT2D eigenvalue weighted by molar-refractivity contribution is 7.89. The van der Waals surface area contributed by atoms with Gasteiger partial charge in [-0.1, -0.05) is 0 Å². The van der Waals surface area contributed by atoms with Gasteiger partial charge in [0.15, 0.2) is 0 Å². The molecule has 0 aliphatic rings. The van der Waals surface area contributed by atoms with Crippen molar-refractivity contribution in [3.63, 3.8) is 0 Å². The number of anilines is 2. The highest BCUT2D eigenvalue weighted by atomic mass is 32.2. The van der Waals surface area contributed by atoms with Gasteiger partial charge in [-0.05, 0) is 39.1 Å². The molecule has 0 saturated heterocycles. The van der Waals surface area contributed by atoms with Gasteiger partial charge in [-0.25, -0.2) is 13.1 Å². The molecule has 0 spiro atoms. The van der Waals surface area contributed by atoms with Crippen LogP contribution in [0.3, 0.4) is 0 Å². The third-order valence-corrected chi connectivity index (χ3v) is 4.33. The summed E-state index contributed by atoms with van der Waals surface area (Å²) in [6.45, 7) is 4.48. The fourth-order valence-corrected chi connectivity index (χ4v) is 2.24. The van der Waals surface area contributed by atoms with Gasteiger partial charge in [-0.3, -0.25) is 0 Å². The van der Waals surface area contributed by atoms with Crippen molar-refractivity contribution in [1.82, 2.24) is 4.72 Å². The van der Waals surface area contributed by atoms with Crippen molar-refractivity contribution in [3.8, 4) is 0 Å². The third kappa shape index (κ3) is 4.09. The van der Waals surface area contributed by atoms with Gasteiger partial charge >= 0.3 is 0 Å². The van der Waals surface area contributed by atoms with Crippen molar-refractivity contribution in [1.29, 1.82) is 0 Å². The number of hydrogen-bond donors (Lipinski definition) is 3. The Labute approximate surface area is 114 Å². The van der Waals surface area contributed by atoms with Crippen LogP contribution < -0.4 is 15.8 Å². The lowest BCUT2D eigenvalue weighted by Crippen LogP contribution is -2.32. The van der Waals surface area contributed by atoms with Crippen LogP contribution in [-0.4, -0.2) is 34.7 Å². The molecule has 0 unspecified atom stereocenters. The maximum atomic E-state index is 11.7. The summed E-state index contributed by atoms with van der Waals surface area (Å²) in [6.07, 6.45) is 0. The first-order valence-electron chi connectivity index (χ1n) is 5.84. The summed E-state index contributed by atoms with van der Waals surface area (Å²) in [6, 6.07) is 4.74. The molecular formula is C12H21N3O3S. The lowest BCUT2D eigenvalue weighted by atomic mass is 10.1. The molecule has 1 rings (SSSR count). The molecule has 108 valence electrons. The third-order valence-electron chi connectivity index (χ3n) is 2.84. The van der Waals surface area contributed by atoms with Gasteiger partial charge in [0.25, 0.3) is 0 Å². The van der Waals surface area contributed by atoms with Crippen molar-refractivity contribution < 1.29 is 13.2 Å². The van der Waals surface area contributed by atoms with E-state index in [0.717, 1.165) is 5.69 Å². The number of nitrogens with two attached hydrogens (primary N) is 1. The minimum absolute atomic E-state index is 0.0755. The highest BCUT2D eigenvalue weighted by Gasteiger charge is 2.17. The molecule has 7 heteroatoms. The molecule has 0 bridgehead atoms. The van der Waals surface area contributed by atoms with Gasteiger partial charge in [-0.15, -0.1) is 0 Å². The van der Waals surface area contributed by atoms with E-state index in [1.54, 1.807) is 19.2 Å². The van der Waals surface area contributed by atoms with Gasteiger partial charge in [0, 0.05) is 19.3 Å². The van der Waals surface area contributed by atoms with Crippen LogP contribution in [0.2, 0.25) is 0 Å². The minimum Gasteiger partial charge on any atom is -0.398 e. The number of nitrogens with one attached hydrogen (secondary N) is 2. The summed E-state index contributed by atoms with van der Waals surface area (Å²) in [5.41, 5.74) is 6.40. The van der Waals surface area contributed by atoms with E-state index in [-0.39, 0.29) is 16.2 Å². The molecule has 1 aromatic rings. The van der Waals surface area contributed by atoms with Gasteiger partial charge in [0.05, 0.1) is 11.3 Å². The predicted molar refractivity (Wildman–Crippen MR) is 76.7 cm³/mol. The fraction of sp³-hybridized carbons (Fsp3) is 0.500. The molecule has 1 aromatic carbocycles. The molecule has 0 amide bonds. The lowest BCUT2D eigenvalue weighted by Gasteiger charge is -2.24. The molecule has 0 aromatic heterocycles. The lowest BCUT2D eigenvalue weighted by molar-refractivity contribution is 0.0344. The van der Waals surface area contributed by atoms with Crippen LogP contribution in [0.4, 0.5) is 11.4 Å². The molecule has 0 saturated carbocycles. The average molecular weight is 287 g/mol. The monoisotopic (exact) mass is 287 g/mol. The second kappa shape index (κ2) is 5.77. The van der Waals surface area contributed by atoms with E-state index in [0.29, 0.717) is 6.54 Å². The molecule has 6 nitrogen and oxygen atoms in total. The molecule has 0 radical (unpaired) electrons. The number of hydrogen-bond acceptors (Lipinski definition) is 5. The molecular weight excluding hydrogens is 266 g/mol. The van der Waals surface area contributed by atoms with Gasteiger partial charge < -0.3 is 15.8 Å². The number of rotatable bonds is 6. The zero-order valence-corrected chi connectivity index (χ0v) is 12.5. The van der Waals surface area contributed by atoms with Crippen molar-refractivity contribution in [3.05, 3.63) is 18.2 Å². The Bertz CT molecular complexity index is 541. The summed E-state index contributed by atoms with van der Waals surface area (Å²) >= 11 is 0. The smallest absolute Gasteiger partial charge is 0.242 e. The summed E-state index contributed by atoms with van der Waals surface area (Å²) in [4.78, 5) is 0.0755. The van der Waals surface area contributed by atoms with E-state index in [2.05, 4.69) is 10.0 Å². The molecule has 0 aliphatic carbocycles. The van der Waals surface area contributed by atoms with Crippen LogP contribution in [0.1, 0.15) is 13.8 Å². The Morgan fingerprint density at radius 2 is 2.00 bits per heavy atom. The number of nitrogen functional groups attached to an aromatic ring is 1. The van der Waals surface area contributed by atoms with Crippen LogP contribution in [0.15, 0.2) is 23.1 Å². The Balaban J connectivity index is 2.90. The summed E-state index contributed by atoms with van der Waals surface area (Å²) in [7, 11) is -0.534. The van der Waals surface area contributed by atoms with Crippen molar-refractivity contribution in [2.24, 2.45) is 0 Å². The van der Waals surface area contributed by atoms with Crippen LogP contribution in [-0.2, 0) is 14.8 Å². The zero-order valence-electron chi connectivity index (χ0n) is 11.6. The topological polar surface area (TPSA) is 93.5 Å². The zero-order chi connectivity index (χ0) is 14.7. The standard InChI is InChI=1S/C12H21N3O3S/c1-12(2,18-4)8-15-9-5-6-11(10(13)7-9)19(16,17)14-3/h5-7,14-15H,8,13H2,1-4H3. The average Bonchev–Trinajstić information content (AvgIpc) is 2.36. The summed E-state index contributed by atoms with van der Waals surface area (Å²) < 4.78 is 30.9. The van der Waals surface area contributed by atoms with E-state index in [4.69, 9.17) is 10.5 Å². The second-order valence-electron chi connectivity index (χ2n) is 4.78. The Kier molecular flexibility index (Phi) is 4.78. The van der Waals surface area contributed by atoms with E-state index in [1.807, 2.05) is 13.8 Å². The van der Waals surface area contributed by atoms with E-state index in [9.17, 15) is 8.42 Å². The normalized spacial score (nSPS) is 12.4. The molecule has 0 heterocycles. The molecule has 0 aliphatic heterocycles. The maximum absolute atomic E-state index is 11.7. The van der Waals surface area contributed by atoms with Gasteiger partial charge in [0.2, 0.25) is 10.0 Å². The van der Waals surface area contributed by atoms with Crippen LogP contribution in [0.5, 0.6) is 0 Å². The molecule has 19 heavy (non-hydrogen) atoms. The Morgan fingerprint density at radius 3 is 2.47 bits per heavy atom. The van der Waals surface area contributed by atoms with Crippen LogP contribution in [0, 0.1) is 0 Å². The molecule has 0 atom stereocenters. The second-order valence-corrected chi connectivity index (χ2v) is 6.63. The highest BCUT2D eigenvalue weighted by Crippen LogP contribution is 2.22. The maximum Gasteiger partial charge on any atom is 0.242 e. The SMILES string of the molecule is CNS(=O)(=O)c1ccc(NCC(C)(C)OC)cc1N. The van der Waals surface area contributed by atoms with Crippen molar-refractivity contribution in [2.45, 2.75) is 24.3 Å².